The fraction of sp³-hybridized carbons (Fsp3) is 0.609. The number of hydrogen-bond acceptors (Lipinski definition) is 7. The Balaban J connectivity index is 0.000000533. The van der Waals surface area contributed by atoms with E-state index >= 15 is 0 Å². The van der Waals surface area contributed by atoms with Crippen LogP contribution in [0.25, 0.3) is 0 Å². The molecule has 0 saturated heterocycles. The van der Waals surface area contributed by atoms with Gasteiger partial charge in [-0.05, 0) is 18.9 Å². The Morgan fingerprint density at radius 1 is 1.03 bits per heavy atom. The van der Waals surface area contributed by atoms with E-state index in [4.69, 9.17) is 4.84 Å². The maximum Gasteiger partial charge on any atom is 0.337 e. The molecule has 0 spiro atoms. The molecule has 1 aromatic carbocycles. The lowest BCUT2D eigenvalue weighted by Crippen LogP contribution is -2.42. The van der Waals surface area contributed by atoms with Gasteiger partial charge in [-0.3, -0.25) is 9.59 Å². The van der Waals surface area contributed by atoms with E-state index < -0.39 is 28.2 Å². The number of carbonyl (C=O) groups excluding carboxylic acids is 3. The van der Waals surface area contributed by atoms with Crippen LogP contribution in [-0.4, -0.2) is 39.9 Å². The fourth-order valence-electron chi connectivity index (χ4n) is 3.20. The molecule has 2 unspecified atom stereocenters. The van der Waals surface area contributed by atoms with Crippen LogP contribution in [0, 0.1) is 6.92 Å². The van der Waals surface area contributed by atoms with Crippen LogP contribution in [0.2, 0.25) is 0 Å². The van der Waals surface area contributed by atoms with Gasteiger partial charge in [0.15, 0.2) is 11.1 Å². The molecule has 0 heterocycles. The molecule has 0 N–H and O–H groups in total. The van der Waals surface area contributed by atoms with Crippen LogP contribution in [0.1, 0.15) is 75.8 Å². The van der Waals surface area contributed by atoms with E-state index in [1.807, 2.05) is 19.1 Å². The number of carbonyl (C=O) groups is 3. The lowest BCUT2D eigenvalue weighted by Gasteiger charge is -2.18. The van der Waals surface area contributed by atoms with Crippen molar-refractivity contribution in [2.75, 3.05) is 7.11 Å². The molecule has 2 atom stereocenters. The third kappa shape index (κ3) is 11.0. The summed E-state index contributed by atoms with van der Waals surface area (Å²) in [6.45, 7) is 3.47. The first-order chi connectivity index (χ1) is 15.4. The van der Waals surface area contributed by atoms with E-state index in [9.17, 15) is 18.6 Å². The number of nitrogens with zero attached hydrogens (tertiary/aromatic N) is 1. The SMILES string of the molecule is C1CCCCCCC1.CCC(C(=O)N(C=O)OC(=O)Cc1ccc(C)cc1)S(=O)OOC. The molecule has 1 aliphatic carbocycles. The maximum absolute atomic E-state index is 12.1. The third-order valence-corrected chi connectivity index (χ3v) is 6.27. The topological polar surface area (TPSA) is 99.2 Å². The number of amides is 2. The quantitative estimate of drug-likeness (QED) is 0.321. The van der Waals surface area contributed by atoms with E-state index in [2.05, 4.69) is 9.22 Å². The molecule has 0 aromatic heterocycles. The van der Waals surface area contributed by atoms with Gasteiger partial charge in [0.25, 0.3) is 12.3 Å². The monoisotopic (exact) mass is 469 g/mol. The van der Waals surface area contributed by atoms with Gasteiger partial charge >= 0.3 is 5.97 Å². The Bertz CT molecular complexity index is 700. The van der Waals surface area contributed by atoms with Crippen molar-refractivity contribution in [3.63, 3.8) is 0 Å². The van der Waals surface area contributed by atoms with Crippen molar-refractivity contribution in [2.45, 2.75) is 83.3 Å². The summed E-state index contributed by atoms with van der Waals surface area (Å²) in [5.41, 5.74) is 1.70. The summed E-state index contributed by atoms with van der Waals surface area (Å²) in [6.07, 6.45) is 12.0. The van der Waals surface area contributed by atoms with Crippen LogP contribution < -0.4 is 0 Å². The van der Waals surface area contributed by atoms with Gasteiger partial charge in [-0.2, -0.15) is 0 Å². The fourth-order valence-corrected chi connectivity index (χ4v) is 3.97. The lowest BCUT2D eigenvalue weighted by atomic mass is 10.0. The Labute approximate surface area is 193 Å². The van der Waals surface area contributed by atoms with Crippen molar-refractivity contribution in [1.29, 1.82) is 0 Å². The summed E-state index contributed by atoms with van der Waals surface area (Å²) in [6, 6.07) is 7.12. The highest BCUT2D eigenvalue weighted by molar-refractivity contribution is 7.81. The number of hydrogen-bond donors (Lipinski definition) is 0. The first kappa shape index (κ1) is 27.9. The average molecular weight is 470 g/mol. The molecule has 9 heteroatoms. The second-order valence-corrected chi connectivity index (χ2v) is 8.84. The van der Waals surface area contributed by atoms with Crippen molar-refractivity contribution in [3.8, 4) is 0 Å². The van der Waals surface area contributed by atoms with Gasteiger partial charge in [-0.15, -0.1) is 9.40 Å². The number of imide groups is 1. The second-order valence-electron chi connectivity index (χ2n) is 7.62. The van der Waals surface area contributed by atoms with E-state index in [0.29, 0.717) is 5.56 Å². The van der Waals surface area contributed by atoms with Crippen LogP contribution in [0.15, 0.2) is 24.3 Å². The van der Waals surface area contributed by atoms with Crippen LogP contribution >= 0.6 is 0 Å². The molecule has 0 aliphatic heterocycles. The normalized spacial score (nSPS) is 15.7. The zero-order valence-corrected chi connectivity index (χ0v) is 20.1. The van der Waals surface area contributed by atoms with Gasteiger partial charge in [-0.1, -0.05) is 88.1 Å². The highest BCUT2D eigenvalue weighted by atomic mass is 32.2. The van der Waals surface area contributed by atoms with Crippen molar-refractivity contribution in [2.24, 2.45) is 0 Å². The lowest BCUT2D eigenvalue weighted by molar-refractivity contribution is -0.196. The standard InChI is InChI=1S/C15H19NO7S.C8H16/c1-4-13(24(20)23-21-3)15(19)16(10-17)22-14(18)9-12-7-5-11(2)6-8-12;1-2-4-6-8-7-5-3-1/h5-8,10,13H,4,9H2,1-3H3;1-8H2. The average Bonchev–Trinajstić information content (AvgIpc) is 2.74. The van der Waals surface area contributed by atoms with E-state index in [1.54, 1.807) is 19.1 Å². The van der Waals surface area contributed by atoms with Gasteiger partial charge in [-0.25, -0.2) is 13.9 Å². The molecular weight excluding hydrogens is 434 g/mol. The van der Waals surface area contributed by atoms with Crippen LogP contribution in [-0.2, 0) is 45.9 Å². The minimum atomic E-state index is -2.13. The summed E-state index contributed by atoms with van der Waals surface area (Å²) in [5.74, 6) is -1.76. The zero-order chi connectivity index (χ0) is 23.8. The van der Waals surface area contributed by atoms with E-state index in [-0.39, 0.29) is 24.3 Å². The Morgan fingerprint density at radius 3 is 1.94 bits per heavy atom. The highest BCUT2D eigenvalue weighted by Crippen LogP contribution is 2.15. The summed E-state index contributed by atoms with van der Waals surface area (Å²) in [7, 11) is 1.13. The third-order valence-electron chi connectivity index (χ3n) is 5.00. The Morgan fingerprint density at radius 2 is 1.53 bits per heavy atom. The first-order valence-corrected chi connectivity index (χ1v) is 12.2. The first-order valence-electron chi connectivity index (χ1n) is 11.1. The van der Waals surface area contributed by atoms with Crippen LogP contribution in [0.4, 0.5) is 0 Å². The van der Waals surface area contributed by atoms with Crippen LogP contribution in [0.3, 0.4) is 0 Å². The maximum atomic E-state index is 12.1. The predicted octanol–water partition coefficient (Wildman–Crippen LogP) is 4.12. The second kappa shape index (κ2) is 16.5. The zero-order valence-electron chi connectivity index (χ0n) is 19.2. The number of rotatable bonds is 8. The number of aryl methyl sites for hydroxylation is 1. The molecule has 1 fully saturated rings. The van der Waals surface area contributed by atoms with Gasteiger partial charge in [0.05, 0.1) is 13.5 Å². The molecule has 1 saturated carbocycles. The Hall–Kier alpha value is -2.10. The molecule has 1 aliphatic rings. The molecule has 2 rings (SSSR count). The van der Waals surface area contributed by atoms with Gasteiger partial charge < -0.3 is 4.84 Å². The molecule has 32 heavy (non-hydrogen) atoms. The molecule has 180 valence electrons. The summed E-state index contributed by atoms with van der Waals surface area (Å²) >= 11 is -2.13. The minimum absolute atomic E-state index is 0.0437. The summed E-state index contributed by atoms with van der Waals surface area (Å²) < 4.78 is 16.1. The largest absolute Gasteiger partial charge is 0.337 e. The van der Waals surface area contributed by atoms with Crippen molar-refractivity contribution in [1.82, 2.24) is 5.06 Å². The molecule has 2 amide bonds. The predicted molar refractivity (Wildman–Crippen MR) is 121 cm³/mol. The van der Waals surface area contributed by atoms with E-state index in [0.717, 1.165) is 12.7 Å². The van der Waals surface area contributed by atoms with Gasteiger partial charge in [0.1, 0.15) is 5.25 Å². The molecule has 0 bridgehead atoms. The van der Waals surface area contributed by atoms with Gasteiger partial charge in [0.2, 0.25) is 0 Å². The minimum Gasteiger partial charge on any atom is -0.330 e. The summed E-state index contributed by atoms with van der Waals surface area (Å²) in [5, 5.41) is -0.982. The smallest absolute Gasteiger partial charge is 0.330 e. The van der Waals surface area contributed by atoms with Crippen molar-refractivity contribution in [3.05, 3.63) is 35.4 Å². The summed E-state index contributed by atoms with van der Waals surface area (Å²) in [4.78, 5) is 44.1. The van der Waals surface area contributed by atoms with Crippen molar-refractivity contribution < 1.29 is 32.7 Å². The van der Waals surface area contributed by atoms with Gasteiger partial charge in [0, 0.05) is 0 Å². The van der Waals surface area contributed by atoms with E-state index in [1.165, 1.54) is 51.4 Å². The van der Waals surface area contributed by atoms with Crippen molar-refractivity contribution >= 4 is 29.4 Å². The highest BCUT2D eigenvalue weighted by Gasteiger charge is 2.32. The molecule has 8 nitrogen and oxygen atoms in total. The Kier molecular flexibility index (Phi) is 14.4. The molecule has 0 radical (unpaired) electrons. The number of hydroxylamine groups is 2. The molecule has 1 aromatic rings. The number of benzene rings is 1. The molecular formula is C23H35NO7S. The van der Waals surface area contributed by atoms with Crippen LogP contribution in [0.5, 0.6) is 0 Å².